The van der Waals surface area contributed by atoms with Gasteiger partial charge in [-0.3, -0.25) is 0 Å². The van der Waals surface area contributed by atoms with Crippen LogP contribution < -0.4 is 0 Å². The largest absolute Gasteiger partial charge is 0.325 e. The van der Waals surface area contributed by atoms with Gasteiger partial charge < -0.3 is 27.9 Å². The van der Waals surface area contributed by atoms with Gasteiger partial charge in [0.15, 0.2) is 0 Å². The van der Waals surface area contributed by atoms with Gasteiger partial charge in [-0.1, -0.05) is 0 Å². The molecule has 0 aliphatic rings. The molecular weight excluding hydrogens is 366 g/mol. The van der Waals surface area contributed by atoms with Crippen molar-refractivity contribution < 1.29 is 27.9 Å². The van der Waals surface area contributed by atoms with Crippen LogP contribution in [-0.2, 0) is 41.7 Å². The normalized spacial score (nSPS) is 13.0. The Labute approximate surface area is 145 Å². The zero-order valence-electron chi connectivity index (χ0n) is 14.5. The summed E-state index contributed by atoms with van der Waals surface area (Å²) in [5.41, 5.74) is 0. The highest BCUT2D eigenvalue weighted by Gasteiger charge is 2.18. The molecule has 0 aromatic heterocycles. The van der Waals surface area contributed by atoms with Crippen molar-refractivity contribution in [1.82, 2.24) is 0 Å². The van der Waals surface area contributed by atoms with E-state index in [1.165, 1.54) is 0 Å². The maximum absolute atomic E-state index is 9.34. The molecule has 0 saturated carbocycles. The van der Waals surface area contributed by atoms with E-state index in [9.17, 15) is 9.79 Å². The Hall–Kier alpha value is 1.06. The lowest BCUT2D eigenvalue weighted by Crippen LogP contribution is -2.06. The molecule has 22 heavy (non-hydrogen) atoms. The summed E-state index contributed by atoms with van der Waals surface area (Å²) in [6, 6.07) is 0. The first-order valence-corrected chi connectivity index (χ1v) is 12.2. The smallest absolute Gasteiger partial charge is 0.324 e. The predicted molar refractivity (Wildman–Crippen MR) is 97.9 cm³/mol. The Morgan fingerprint density at radius 1 is 0.545 bits per heavy atom. The van der Waals surface area contributed by atoms with E-state index in [-0.39, 0.29) is 24.4 Å². The lowest BCUT2D eigenvalue weighted by Gasteiger charge is -2.19. The molecule has 0 aromatic carbocycles. The Morgan fingerprint density at radius 2 is 0.682 bits per heavy atom. The Morgan fingerprint density at radius 3 is 0.773 bits per heavy atom. The standard InChI is InChI=1S/2C6H15O3PS/c2*1-5(2)8-10(7,11)9-6(3)4/h2*5-6H,1-4H3,(H,7,11). The second-order valence-corrected chi connectivity index (χ2v) is 11.0. The molecular formula is C12H30O6P2S2. The Balaban J connectivity index is 0. The van der Waals surface area contributed by atoms with E-state index >= 15 is 0 Å². The zero-order valence-corrected chi connectivity index (χ0v) is 18.0. The van der Waals surface area contributed by atoms with Crippen LogP contribution in [0.3, 0.4) is 0 Å². The molecule has 2 N–H and O–H groups in total. The molecule has 0 spiro atoms. The van der Waals surface area contributed by atoms with Crippen LogP contribution in [0.1, 0.15) is 55.4 Å². The van der Waals surface area contributed by atoms with E-state index in [1.807, 2.05) is 0 Å². The monoisotopic (exact) mass is 396 g/mol. The van der Waals surface area contributed by atoms with Crippen LogP contribution in [0, 0.1) is 0 Å². The van der Waals surface area contributed by atoms with Crippen molar-refractivity contribution in [2.75, 3.05) is 0 Å². The molecule has 6 nitrogen and oxygen atoms in total. The van der Waals surface area contributed by atoms with Crippen LogP contribution in [0.25, 0.3) is 0 Å². The lowest BCUT2D eigenvalue weighted by molar-refractivity contribution is 0.135. The highest BCUT2D eigenvalue weighted by molar-refractivity contribution is 8.07. The third-order valence-corrected chi connectivity index (χ3v) is 5.16. The minimum absolute atomic E-state index is 0.0930. The van der Waals surface area contributed by atoms with Gasteiger partial charge in [0, 0.05) is 0 Å². The van der Waals surface area contributed by atoms with E-state index in [0.717, 1.165) is 0 Å². The second kappa shape index (κ2) is 11.6. The number of hydrogen-bond acceptors (Lipinski definition) is 6. The molecule has 0 fully saturated rings. The van der Waals surface area contributed by atoms with Gasteiger partial charge in [-0.2, -0.15) is 0 Å². The van der Waals surface area contributed by atoms with Crippen molar-refractivity contribution in [2.24, 2.45) is 0 Å². The molecule has 0 aliphatic carbocycles. The van der Waals surface area contributed by atoms with Crippen molar-refractivity contribution in [3.05, 3.63) is 0 Å². The summed E-state index contributed by atoms with van der Waals surface area (Å²) in [7, 11) is 0. The molecule has 0 aliphatic heterocycles. The molecule has 0 rings (SSSR count). The minimum Gasteiger partial charge on any atom is -0.324 e. The second-order valence-electron chi connectivity index (χ2n) is 5.55. The summed E-state index contributed by atoms with van der Waals surface area (Å²) in [6.45, 7) is 8.51. The summed E-state index contributed by atoms with van der Waals surface area (Å²) >= 11 is 9.44. The number of rotatable bonds is 8. The summed E-state index contributed by atoms with van der Waals surface area (Å²) < 4.78 is 20.0. The maximum Gasteiger partial charge on any atom is 0.325 e. The SMILES string of the molecule is CC(C)OP(O)(=S)OC(C)C.CC(C)OP(O)(=S)OC(C)C. The summed E-state index contributed by atoms with van der Waals surface area (Å²) in [6.07, 6.45) is -0.372. The molecule has 0 amide bonds. The van der Waals surface area contributed by atoms with E-state index in [0.29, 0.717) is 0 Å². The van der Waals surface area contributed by atoms with Gasteiger partial charge in [-0.25, -0.2) is 0 Å². The van der Waals surface area contributed by atoms with Crippen molar-refractivity contribution >= 4 is 37.1 Å². The van der Waals surface area contributed by atoms with Crippen LogP contribution in [0.15, 0.2) is 0 Å². The Kier molecular flexibility index (Phi) is 13.3. The highest BCUT2D eigenvalue weighted by atomic mass is 32.5. The fourth-order valence-electron chi connectivity index (χ4n) is 1.12. The fourth-order valence-corrected chi connectivity index (χ4v) is 5.41. The highest BCUT2D eigenvalue weighted by Crippen LogP contribution is 2.46. The minimum atomic E-state index is -2.97. The maximum atomic E-state index is 9.34. The Bertz CT molecular complexity index is 324. The molecule has 0 saturated heterocycles. The van der Waals surface area contributed by atoms with Crippen LogP contribution in [0.2, 0.25) is 0 Å². The molecule has 10 heteroatoms. The first-order valence-electron chi connectivity index (χ1n) is 7.06. The van der Waals surface area contributed by atoms with Gasteiger partial charge in [0.25, 0.3) is 0 Å². The quantitative estimate of drug-likeness (QED) is 0.594. The molecule has 0 atom stereocenters. The topological polar surface area (TPSA) is 77.4 Å². The molecule has 0 radical (unpaired) electrons. The summed E-state index contributed by atoms with van der Waals surface area (Å²) in [5.74, 6) is 0. The van der Waals surface area contributed by atoms with E-state index in [2.05, 4.69) is 0 Å². The van der Waals surface area contributed by atoms with Gasteiger partial charge in [-0.15, -0.1) is 0 Å². The average Bonchev–Trinajstić information content (AvgIpc) is 2.06. The first kappa shape index (κ1) is 25.3. The van der Waals surface area contributed by atoms with Crippen LogP contribution in [-0.4, -0.2) is 34.2 Å². The third kappa shape index (κ3) is 19.1. The number of hydrogen-bond donors (Lipinski definition) is 2. The average molecular weight is 396 g/mol. The van der Waals surface area contributed by atoms with Gasteiger partial charge in [0.1, 0.15) is 0 Å². The van der Waals surface area contributed by atoms with E-state index in [1.54, 1.807) is 55.4 Å². The van der Waals surface area contributed by atoms with Crippen LogP contribution >= 0.6 is 13.4 Å². The third-order valence-electron chi connectivity index (χ3n) is 1.38. The fraction of sp³-hybridized carbons (Fsp3) is 1.00. The summed E-state index contributed by atoms with van der Waals surface area (Å²) in [5, 5.41) is 0. The van der Waals surface area contributed by atoms with Gasteiger partial charge in [0.05, 0.1) is 24.4 Å². The van der Waals surface area contributed by atoms with Crippen molar-refractivity contribution in [2.45, 2.75) is 79.8 Å². The molecule has 0 aromatic rings. The van der Waals surface area contributed by atoms with Crippen molar-refractivity contribution in [1.29, 1.82) is 0 Å². The van der Waals surface area contributed by atoms with Crippen LogP contribution in [0.4, 0.5) is 0 Å². The van der Waals surface area contributed by atoms with Crippen molar-refractivity contribution in [3.8, 4) is 0 Å². The van der Waals surface area contributed by atoms with Gasteiger partial charge in [0.2, 0.25) is 0 Å². The van der Waals surface area contributed by atoms with Crippen molar-refractivity contribution in [3.63, 3.8) is 0 Å². The van der Waals surface area contributed by atoms with Gasteiger partial charge >= 0.3 is 13.4 Å². The molecule has 0 bridgehead atoms. The van der Waals surface area contributed by atoms with E-state index < -0.39 is 13.4 Å². The molecule has 0 unspecified atom stereocenters. The molecule has 0 heterocycles. The predicted octanol–water partition coefficient (Wildman–Crippen LogP) is 4.11. The van der Waals surface area contributed by atoms with Gasteiger partial charge in [-0.05, 0) is 79.0 Å². The van der Waals surface area contributed by atoms with E-state index in [4.69, 9.17) is 41.7 Å². The van der Waals surface area contributed by atoms with Crippen LogP contribution in [0.5, 0.6) is 0 Å². The summed E-state index contributed by atoms with van der Waals surface area (Å²) in [4.78, 5) is 18.7. The zero-order chi connectivity index (χ0) is 18.1. The lowest BCUT2D eigenvalue weighted by atomic mass is 10.5. The molecule has 136 valence electrons. The first-order chi connectivity index (χ1) is 9.67.